The van der Waals surface area contributed by atoms with Gasteiger partial charge in [-0.15, -0.1) is 0 Å². The fourth-order valence-corrected chi connectivity index (χ4v) is 0.688. The fourth-order valence-electron chi connectivity index (χ4n) is 0.688. The van der Waals surface area contributed by atoms with Gasteiger partial charge in [-0.1, -0.05) is 19.1 Å². The van der Waals surface area contributed by atoms with Crippen LogP contribution in [0.25, 0.3) is 0 Å². The Hall–Kier alpha value is -0.850. The molecule has 10 heavy (non-hydrogen) atoms. The first-order chi connectivity index (χ1) is 4.70. The number of allylic oxidation sites excluding steroid dienone is 4. The van der Waals surface area contributed by atoms with E-state index in [4.69, 9.17) is 5.41 Å². The minimum Gasteiger partial charge on any atom is -0.305 e. The van der Waals surface area contributed by atoms with Crippen LogP contribution in [0.4, 0.5) is 0 Å². The molecule has 0 heterocycles. The molecule has 0 atom stereocenters. The van der Waals surface area contributed by atoms with Gasteiger partial charge in [0.05, 0.1) is 0 Å². The van der Waals surface area contributed by atoms with Gasteiger partial charge in [-0.3, -0.25) is 0 Å². The lowest BCUT2D eigenvalue weighted by atomic mass is 10.2. The highest BCUT2D eigenvalue weighted by molar-refractivity contribution is 5.92. The lowest BCUT2D eigenvalue weighted by Crippen LogP contribution is -1.87. The van der Waals surface area contributed by atoms with E-state index in [-0.39, 0.29) is 0 Å². The Morgan fingerprint density at radius 2 is 2.10 bits per heavy atom. The molecule has 0 aliphatic carbocycles. The third-order valence-electron chi connectivity index (χ3n) is 1.21. The molecule has 0 unspecified atom stereocenters. The minimum absolute atomic E-state index is 0.690. The maximum absolute atomic E-state index is 7.34. The molecule has 0 radical (unpaired) electrons. The molecule has 0 amide bonds. The SMILES string of the molecule is C/C=C\C(C)=C/C(=N)CC. The Kier molecular flexibility index (Phi) is 4.55. The van der Waals surface area contributed by atoms with Crippen LogP contribution in [0, 0.1) is 5.41 Å². The molecule has 1 N–H and O–H groups in total. The molecule has 0 bridgehead atoms. The summed E-state index contributed by atoms with van der Waals surface area (Å²) in [4.78, 5) is 0. The zero-order valence-electron chi connectivity index (χ0n) is 6.94. The number of hydrogen-bond donors (Lipinski definition) is 1. The van der Waals surface area contributed by atoms with Crippen molar-refractivity contribution in [3.05, 3.63) is 23.8 Å². The molecule has 0 aliphatic rings. The summed E-state index contributed by atoms with van der Waals surface area (Å²) in [5.74, 6) is 0. The molecular weight excluding hydrogens is 122 g/mol. The van der Waals surface area contributed by atoms with Gasteiger partial charge >= 0.3 is 0 Å². The first kappa shape index (κ1) is 9.15. The smallest absolute Gasteiger partial charge is 0.0313 e. The molecule has 0 aliphatic heterocycles. The Labute approximate surface area is 63.0 Å². The second kappa shape index (κ2) is 4.98. The number of nitrogens with one attached hydrogen (secondary N) is 1. The van der Waals surface area contributed by atoms with E-state index in [1.807, 2.05) is 39.0 Å². The van der Waals surface area contributed by atoms with Crippen LogP contribution in [-0.4, -0.2) is 5.71 Å². The maximum Gasteiger partial charge on any atom is 0.0313 e. The predicted molar refractivity (Wildman–Crippen MR) is 46.6 cm³/mol. The molecule has 0 aromatic heterocycles. The lowest BCUT2D eigenvalue weighted by molar-refractivity contribution is 1.25. The van der Waals surface area contributed by atoms with Gasteiger partial charge in [0.15, 0.2) is 0 Å². The predicted octanol–water partition coefficient (Wildman–Crippen LogP) is 2.94. The Morgan fingerprint density at radius 3 is 2.50 bits per heavy atom. The van der Waals surface area contributed by atoms with Crippen LogP contribution in [0.15, 0.2) is 23.8 Å². The number of hydrogen-bond acceptors (Lipinski definition) is 1. The highest BCUT2D eigenvalue weighted by Crippen LogP contribution is 1.96. The van der Waals surface area contributed by atoms with Gasteiger partial charge in [-0.2, -0.15) is 0 Å². The Morgan fingerprint density at radius 1 is 1.50 bits per heavy atom. The van der Waals surface area contributed by atoms with Gasteiger partial charge in [0, 0.05) is 5.71 Å². The van der Waals surface area contributed by atoms with Crippen molar-refractivity contribution >= 4 is 5.71 Å². The highest BCUT2D eigenvalue weighted by atomic mass is 14.4. The lowest BCUT2D eigenvalue weighted by Gasteiger charge is -1.91. The van der Waals surface area contributed by atoms with Gasteiger partial charge in [-0.05, 0) is 31.9 Å². The summed E-state index contributed by atoms with van der Waals surface area (Å²) in [6.45, 7) is 5.97. The van der Waals surface area contributed by atoms with Gasteiger partial charge in [0.2, 0.25) is 0 Å². The maximum atomic E-state index is 7.34. The molecular formula is C9H15N. The standard InChI is InChI=1S/C9H15N/c1-4-6-8(3)7-9(10)5-2/h4,6-7,10H,5H2,1-3H3/b6-4-,8-7-,10-9?. The monoisotopic (exact) mass is 137 g/mol. The van der Waals surface area contributed by atoms with E-state index >= 15 is 0 Å². The van der Waals surface area contributed by atoms with Crippen LogP contribution in [0.5, 0.6) is 0 Å². The van der Waals surface area contributed by atoms with Crippen LogP contribution in [-0.2, 0) is 0 Å². The van der Waals surface area contributed by atoms with Crippen LogP contribution < -0.4 is 0 Å². The largest absolute Gasteiger partial charge is 0.305 e. The highest BCUT2D eigenvalue weighted by Gasteiger charge is 1.85. The topological polar surface area (TPSA) is 23.9 Å². The molecule has 1 nitrogen and oxygen atoms in total. The number of rotatable bonds is 3. The molecule has 56 valence electrons. The Bertz CT molecular complexity index is 164. The van der Waals surface area contributed by atoms with Crippen LogP contribution in [0.2, 0.25) is 0 Å². The molecule has 0 aromatic rings. The van der Waals surface area contributed by atoms with E-state index < -0.39 is 0 Å². The molecule has 1 heteroatoms. The summed E-state index contributed by atoms with van der Waals surface area (Å²) in [6, 6.07) is 0. The minimum atomic E-state index is 0.690. The van der Waals surface area contributed by atoms with Crippen LogP contribution in [0.3, 0.4) is 0 Å². The fraction of sp³-hybridized carbons (Fsp3) is 0.444. The van der Waals surface area contributed by atoms with E-state index in [1.54, 1.807) is 0 Å². The first-order valence-electron chi connectivity index (χ1n) is 3.59. The van der Waals surface area contributed by atoms with E-state index in [9.17, 15) is 0 Å². The average molecular weight is 137 g/mol. The first-order valence-corrected chi connectivity index (χ1v) is 3.59. The second-order valence-corrected chi connectivity index (χ2v) is 2.27. The molecule has 0 saturated carbocycles. The summed E-state index contributed by atoms with van der Waals surface area (Å²) < 4.78 is 0. The normalized spacial score (nSPS) is 12.5. The third kappa shape index (κ3) is 4.07. The van der Waals surface area contributed by atoms with Crippen molar-refractivity contribution in [3.63, 3.8) is 0 Å². The summed E-state index contributed by atoms with van der Waals surface area (Å²) >= 11 is 0. The van der Waals surface area contributed by atoms with Crippen molar-refractivity contribution in [2.75, 3.05) is 0 Å². The molecule has 0 fully saturated rings. The van der Waals surface area contributed by atoms with E-state index in [2.05, 4.69) is 0 Å². The van der Waals surface area contributed by atoms with Gasteiger partial charge in [0.1, 0.15) is 0 Å². The van der Waals surface area contributed by atoms with Crippen molar-refractivity contribution in [1.82, 2.24) is 0 Å². The average Bonchev–Trinajstić information content (AvgIpc) is 1.88. The van der Waals surface area contributed by atoms with Crippen molar-refractivity contribution < 1.29 is 0 Å². The molecule has 0 saturated heterocycles. The second-order valence-electron chi connectivity index (χ2n) is 2.27. The third-order valence-corrected chi connectivity index (χ3v) is 1.21. The zero-order valence-corrected chi connectivity index (χ0v) is 6.94. The van der Waals surface area contributed by atoms with Crippen molar-refractivity contribution in [3.8, 4) is 0 Å². The van der Waals surface area contributed by atoms with Crippen LogP contribution in [0.1, 0.15) is 27.2 Å². The van der Waals surface area contributed by atoms with Crippen molar-refractivity contribution in [1.29, 1.82) is 5.41 Å². The van der Waals surface area contributed by atoms with Gasteiger partial charge in [0.25, 0.3) is 0 Å². The van der Waals surface area contributed by atoms with Crippen molar-refractivity contribution in [2.24, 2.45) is 0 Å². The quantitative estimate of drug-likeness (QED) is 0.457. The van der Waals surface area contributed by atoms with Crippen LogP contribution >= 0.6 is 0 Å². The van der Waals surface area contributed by atoms with Gasteiger partial charge < -0.3 is 5.41 Å². The van der Waals surface area contributed by atoms with Crippen molar-refractivity contribution in [2.45, 2.75) is 27.2 Å². The molecule has 0 aromatic carbocycles. The molecule has 0 rings (SSSR count). The summed E-state index contributed by atoms with van der Waals surface area (Å²) in [5, 5.41) is 7.34. The zero-order chi connectivity index (χ0) is 7.98. The Balaban J connectivity index is 4.02. The summed E-state index contributed by atoms with van der Waals surface area (Å²) in [7, 11) is 0. The van der Waals surface area contributed by atoms with E-state index in [0.29, 0.717) is 5.71 Å². The summed E-state index contributed by atoms with van der Waals surface area (Å²) in [5.41, 5.74) is 1.84. The van der Waals surface area contributed by atoms with E-state index in [0.717, 1.165) is 12.0 Å². The van der Waals surface area contributed by atoms with E-state index in [1.165, 1.54) is 0 Å². The molecule has 0 spiro atoms. The van der Waals surface area contributed by atoms with Gasteiger partial charge in [-0.25, -0.2) is 0 Å². The summed E-state index contributed by atoms with van der Waals surface area (Å²) in [6.07, 6.45) is 6.69.